The number of hydrogen-bond donors (Lipinski definition) is 1. The van der Waals surface area contributed by atoms with Gasteiger partial charge in [0.15, 0.2) is 0 Å². The van der Waals surface area contributed by atoms with Gasteiger partial charge in [0.05, 0.1) is 18.9 Å². The van der Waals surface area contributed by atoms with Gasteiger partial charge in [-0.15, -0.1) is 0 Å². The Bertz CT molecular complexity index is 283. The molecular formula is C8H9NO3. The van der Waals surface area contributed by atoms with Crippen LogP contribution in [0.4, 0.5) is 0 Å². The maximum atomic E-state index is 10.5. The maximum absolute atomic E-state index is 10.5. The number of nitrogens with zero attached hydrogens (tertiary/aromatic N) is 1. The molecule has 0 bridgehead atoms. The minimum atomic E-state index is -0.190. The minimum Gasteiger partial charge on any atom is -0.503 e. The molecule has 64 valence electrons. The fraction of sp³-hybridized carbons (Fsp3) is 0.125. The first-order valence-corrected chi connectivity index (χ1v) is 3.37. The van der Waals surface area contributed by atoms with Crippen LogP contribution in [0.2, 0.25) is 0 Å². The molecule has 0 aromatic heterocycles. The van der Waals surface area contributed by atoms with Gasteiger partial charge in [-0.2, -0.15) is 0 Å². The van der Waals surface area contributed by atoms with Crippen molar-refractivity contribution in [3.05, 3.63) is 41.3 Å². The predicted octanol–water partition coefficient (Wildman–Crippen LogP) is 0.983. The summed E-state index contributed by atoms with van der Waals surface area (Å²) in [7, 11) is 1.48. The van der Waals surface area contributed by atoms with Crippen molar-refractivity contribution < 1.29 is 14.8 Å². The fourth-order valence-corrected chi connectivity index (χ4v) is 0.888. The van der Waals surface area contributed by atoms with Crippen LogP contribution in [0.5, 0.6) is 0 Å². The van der Waals surface area contributed by atoms with Gasteiger partial charge in [0.25, 0.3) is 5.71 Å². The molecule has 0 unspecified atom stereocenters. The molecule has 1 rings (SSSR count). The smallest absolute Gasteiger partial charge is 0.278 e. The second-order valence-corrected chi connectivity index (χ2v) is 2.19. The summed E-state index contributed by atoms with van der Waals surface area (Å²) >= 11 is 0. The van der Waals surface area contributed by atoms with E-state index >= 15 is 0 Å². The van der Waals surface area contributed by atoms with E-state index in [9.17, 15) is 5.21 Å². The van der Waals surface area contributed by atoms with Gasteiger partial charge in [-0.3, -0.25) is 5.21 Å². The Hall–Kier alpha value is -1.71. The van der Waals surface area contributed by atoms with Gasteiger partial charge in [0.2, 0.25) is 0 Å². The lowest BCUT2D eigenvalue weighted by atomic mass is 10.1. The summed E-state index contributed by atoms with van der Waals surface area (Å²) in [6, 6.07) is 0. The van der Waals surface area contributed by atoms with Crippen LogP contribution in [0.15, 0.2) is 36.1 Å². The summed E-state index contributed by atoms with van der Waals surface area (Å²) in [5.41, 5.74) is 0.705. The average Bonchev–Trinajstić information content (AvgIpc) is 2.05. The highest BCUT2D eigenvalue weighted by Gasteiger charge is 2.13. The Labute approximate surface area is 69.9 Å². The normalized spacial score (nSPS) is 22.9. The molecule has 0 heterocycles. The van der Waals surface area contributed by atoms with Gasteiger partial charge in [-0.25, -0.2) is 0 Å². The molecule has 0 fully saturated rings. The lowest BCUT2D eigenvalue weighted by Gasteiger charge is -2.01. The third-order valence-corrected chi connectivity index (χ3v) is 1.39. The van der Waals surface area contributed by atoms with Gasteiger partial charge in [-0.05, 0) is 6.08 Å². The number of methoxy groups -OCH3 is 1. The first-order valence-electron chi connectivity index (χ1n) is 3.37. The molecule has 0 saturated heterocycles. The van der Waals surface area contributed by atoms with E-state index in [0.717, 1.165) is 0 Å². The molecule has 4 nitrogen and oxygen atoms in total. The zero-order valence-electron chi connectivity index (χ0n) is 6.60. The van der Waals surface area contributed by atoms with Crippen molar-refractivity contribution in [1.29, 1.82) is 0 Å². The van der Waals surface area contributed by atoms with E-state index in [2.05, 4.69) is 0 Å². The van der Waals surface area contributed by atoms with Crippen LogP contribution in [0, 0.1) is 5.21 Å². The van der Waals surface area contributed by atoms with Crippen LogP contribution in [0.1, 0.15) is 0 Å². The summed E-state index contributed by atoms with van der Waals surface area (Å²) in [5.74, 6) is 0. The maximum Gasteiger partial charge on any atom is 0.278 e. The number of hydrogen-bond acceptors (Lipinski definition) is 3. The SMILES string of the molecule is CO/C=C1\C=CC=C\C1=[N+](/[O-])O. The van der Waals surface area contributed by atoms with Crippen molar-refractivity contribution in [2.45, 2.75) is 0 Å². The van der Waals surface area contributed by atoms with Gasteiger partial charge < -0.3 is 9.94 Å². The Balaban J connectivity index is 3.02. The molecule has 4 heteroatoms. The lowest BCUT2D eigenvalue weighted by molar-refractivity contribution is -0.725. The first kappa shape index (κ1) is 8.39. The van der Waals surface area contributed by atoms with Crippen LogP contribution in [0.25, 0.3) is 0 Å². The summed E-state index contributed by atoms with van der Waals surface area (Å²) in [6.07, 6.45) is 7.95. The van der Waals surface area contributed by atoms with E-state index in [1.54, 1.807) is 18.2 Å². The van der Waals surface area contributed by atoms with Gasteiger partial charge in [-0.1, -0.05) is 12.2 Å². The molecule has 1 N–H and O–H groups in total. The quantitative estimate of drug-likeness (QED) is 0.274. The topological polar surface area (TPSA) is 55.5 Å². The second kappa shape index (κ2) is 3.61. The van der Waals surface area contributed by atoms with Crippen molar-refractivity contribution in [3.8, 4) is 0 Å². The van der Waals surface area contributed by atoms with E-state index < -0.39 is 0 Å². The van der Waals surface area contributed by atoms with Crippen LogP contribution < -0.4 is 0 Å². The van der Waals surface area contributed by atoms with Crippen LogP contribution in [0.3, 0.4) is 0 Å². The first-order chi connectivity index (χ1) is 5.75. The van der Waals surface area contributed by atoms with Crippen molar-refractivity contribution in [2.24, 2.45) is 0 Å². The average molecular weight is 167 g/mol. The highest BCUT2D eigenvalue weighted by Crippen LogP contribution is 2.07. The summed E-state index contributed by atoms with van der Waals surface area (Å²) in [6.45, 7) is 0. The molecular weight excluding hydrogens is 158 g/mol. The van der Waals surface area contributed by atoms with Crippen molar-refractivity contribution in [1.82, 2.24) is 0 Å². The summed E-state index contributed by atoms with van der Waals surface area (Å²) in [5, 5.41) is 19.2. The molecule has 0 aliphatic heterocycles. The highest BCUT2D eigenvalue weighted by atomic mass is 16.8. The number of ether oxygens (including phenoxy) is 1. The molecule has 0 spiro atoms. The molecule has 1 aliphatic rings. The highest BCUT2D eigenvalue weighted by molar-refractivity contribution is 6.07. The molecule has 0 saturated carbocycles. The van der Waals surface area contributed by atoms with E-state index in [1.165, 1.54) is 19.4 Å². The predicted molar refractivity (Wildman–Crippen MR) is 43.8 cm³/mol. The zero-order chi connectivity index (χ0) is 8.97. The second-order valence-electron chi connectivity index (χ2n) is 2.19. The molecule has 12 heavy (non-hydrogen) atoms. The summed E-state index contributed by atoms with van der Waals surface area (Å²) in [4.78, 5) is -0.190. The molecule has 0 amide bonds. The van der Waals surface area contributed by atoms with Gasteiger partial charge in [0.1, 0.15) is 0 Å². The Kier molecular flexibility index (Phi) is 2.53. The third kappa shape index (κ3) is 1.66. The van der Waals surface area contributed by atoms with E-state index in [1.807, 2.05) is 0 Å². The van der Waals surface area contributed by atoms with Gasteiger partial charge >= 0.3 is 0 Å². The van der Waals surface area contributed by atoms with Gasteiger partial charge in [0, 0.05) is 11.0 Å². The van der Waals surface area contributed by atoms with E-state index in [4.69, 9.17) is 9.94 Å². The minimum absolute atomic E-state index is 0.166. The summed E-state index contributed by atoms with van der Waals surface area (Å²) < 4.78 is 4.72. The number of rotatable bonds is 1. The van der Waals surface area contributed by atoms with Crippen LogP contribution in [-0.4, -0.2) is 22.9 Å². The molecule has 0 atom stereocenters. The van der Waals surface area contributed by atoms with Crippen molar-refractivity contribution in [2.75, 3.05) is 7.11 Å². The lowest BCUT2D eigenvalue weighted by Crippen LogP contribution is -2.13. The molecule has 1 aliphatic carbocycles. The fourth-order valence-electron chi connectivity index (χ4n) is 0.888. The number of allylic oxidation sites excluding steroid dienone is 5. The van der Waals surface area contributed by atoms with Crippen LogP contribution >= 0.6 is 0 Å². The third-order valence-electron chi connectivity index (χ3n) is 1.39. The molecule has 0 radical (unpaired) electrons. The van der Waals surface area contributed by atoms with Crippen molar-refractivity contribution >= 4 is 5.71 Å². The molecule has 0 aromatic rings. The molecule has 0 aromatic carbocycles. The largest absolute Gasteiger partial charge is 0.503 e. The Morgan fingerprint density at radius 1 is 1.50 bits per heavy atom. The standard InChI is InChI=1S/C8H9NO3/c1-12-6-7-4-2-3-5-8(7)9(10)11/h2-6H,1H3,(H,10,11)/b7-6+. The zero-order valence-corrected chi connectivity index (χ0v) is 6.60. The Morgan fingerprint density at radius 3 is 2.75 bits per heavy atom. The van der Waals surface area contributed by atoms with Crippen LogP contribution in [-0.2, 0) is 4.74 Å². The van der Waals surface area contributed by atoms with E-state index in [-0.39, 0.29) is 10.6 Å². The Morgan fingerprint density at radius 2 is 2.17 bits per heavy atom. The van der Waals surface area contributed by atoms with Crippen molar-refractivity contribution in [3.63, 3.8) is 0 Å². The van der Waals surface area contributed by atoms with E-state index in [0.29, 0.717) is 5.57 Å². The monoisotopic (exact) mass is 167 g/mol.